The molecular formula is C25H31N5O2S. The van der Waals surface area contributed by atoms with Gasteiger partial charge in [0.25, 0.3) is 5.56 Å². The van der Waals surface area contributed by atoms with Crippen molar-refractivity contribution in [3.05, 3.63) is 70.0 Å². The molecule has 7 nitrogen and oxygen atoms in total. The molecule has 1 aromatic heterocycles. The first-order valence-electron chi connectivity index (χ1n) is 11.3. The number of para-hydroxylation sites is 2. The molecule has 4 rings (SSSR count). The molecule has 0 bridgehead atoms. The van der Waals surface area contributed by atoms with Gasteiger partial charge < -0.3 is 10.2 Å². The fraction of sp³-hybridized carbons (Fsp3) is 0.400. The summed E-state index contributed by atoms with van der Waals surface area (Å²) < 4.78 is 1.75. The van der Waals surface area contributed by atoms with Gasteiger partial charge in [0, 0.05) is 39.3 Å². The Bertz CT molecular complexity index is 1150. The number of hydrogen-bond acceptors (Lipinski definition) is 6. The van der Waals surface area contributed by atoms with Crippen molar-refractivity contribution < 1.29 is 4.79 Å². The standard InChI is InChI=1S/C25H31N5O2S/c1-19-7-9-20(10-8-19)17-30-22-6-4-3-5-21(22)27-24(25(30)32)33-18-23(31)26-11-12-29-15-13-28(2)14-16-29/h3-10H,11-18H2,1-2H3,(H,26,31). The fourth-order valence-electron chi connectivity index (χ4n) is 3.91. The van der Waals surface area contributed by atoms with Gasteiger partial charge in [-0.3, -0.25) is 19.1 Å². The van der Waals surface area contributed by atoms with E-state index in [1.807, 2.05) is 55.5 Å². The van der Waals surface area contributed by atoms with Crippen molar-refractivity contribution in [1.29, 1.82) is 0 Å². The van der Waals surface area contributed by atoms with Crippen LogP contribution >= 0.6 is 11.8 Å². The first-order valence-corrected chi connectivity index (χ1v) is 12.3. The first-order chi connectivity index (χ1) is 16.0. The third-order valence-electron chi connectivity index (χ3n) is 5.97. The molecular weight excluding hydrogens is 434 g/mol. The lowest BCUT2D eigenvalue weighted by Crippen LogP contribution is -2.47. The molecule has 0 spiro atoms. The number of amides is 1. The van der Waals surface area contributed by atoms with Crippen molar-refractivity contribution in [1.82, 2.24) is 24.7 Å². The monoisotopic (exact) mass is 465 g/mol. The Hall–Kier alpha value is -2.68. The van der Waals surface area contributed by atoms with E-state index in [1.165, 1.54) is 17.3 Å². The molecule has 0 atom stereocenters. The van der Waals surface area contributed by atoms with Gasteiger partial charge in [-0.2, -0.15) is 0 Å². The number of carbonyl (C=O) groups excluding carboxylic acids is 1. The highest BCUT2D eigenvalue weighted by atomic mass is 32.2. The van der Waals surface area contributed by atoms with E-state index in [4.69, 9.17) is 0 Å². The van der Waals surface area contributed by atoms with Crippen LogP contribution in [0.4, 0.5) is 0 Å². The number of benzene rings is 2. The molecule has 0 unspecified atom stereocenters. The van der Waals surface area contributed by atoms with Crippen LogP contribution in [0.3, 0.4) is 0 Å². The van der Waals surface area contributed by atoms with Gasteiger partial charge in [-0.25, -0.2) is 4.98 Å². The molecule has 1 aliphatic rings. The molecule has 8 heteroatoms. The minimum atomic E-state index is -0.162. The molecule has 2 heterocycles. The number of nitrogens with one attached hydrogen (secondary N) is 1. The summed E-state index contributed by atoms with van der Waals surface area (Å²) in [5, 5.41) is 3.33. The van der Waals surface area contributed by atoms with Crippen LogP contribution in [-0.4, -0.2) is 77.3 Å². The Morgan fingerprint density at radius 3 is 2.55 bits per heavy atom. The molecule has 2 aromatic carbocycles. The van der Waals surface area contributed by atoms with Gasteiger partial charge >= 0.3 is 0 Å². The van der Waals surface area contributed by atoms with Crippen LogP contribution in [0.25, 0.3) is 11.0 Å². The van der Waals surface area contributed by atoms with E-state index in [1.54, 1.807) is 4.57 Å². The van der Waals surface area contributed by atoms with Crippen LogP contribution < -0.4 is 10.9 Å². The molecule has 33 heavy (non-hydrogen) atoms. The Kier molecular flexibility index (Phi) is 7.80. The first kappa shape index (κ1) is 23.5. The number of nitrogens with zero attached hydrogens (tertiary/aromatic N) is 4. The van der Waals surface area contributed by atoms with Crippen LogP contribution in [0.2, 0.25) is 0 Å². The summed E-state index contributed by atoms with van der Waals surface area (Å²) in [5.74, 6) is 0.0991. The predicted molar refractivity (Wildman–Crippen MR) is 134 cm³/mol. The van der Waals surface area contributed by atoms with E-state index < -0.39 is 0 Å². The van der Waals surface area contributed by atoms with Crippen LogP contribution in [0, 0.1) is 6.92 Å². The van der Waals surface area contributed by atoms with Crippen molar-refractivity contribution in [2.24, 2.45) is 0 Å². The Labute approximate surface area is 198 Å². The largest absolute Gasteiger partial charge is 0.354 e. The molecule has 1 amide bonds. The second kappa shape index (κ2) is 11.0. The minimum Gasteiger partial charge on any atom is -0.354 e. The Morgan fingerprint density at radius 2 is 1.79 bits per heavy atom. The van der Waals surface area contributed by atoms with Crippen molar-refractivity contribution in [3.63, 3.8) is 0 Å². The topological polar surface area (TPSA) is 70.5 Å². The number of piperazine rings is 1. The van der Waals surface area contributed by atoms with E-state index in [-0.39, 0.29) is 17.2 Å². The summed E-state index contributed by atoms with van der Waals surface area (Å²) in [7, 11) is 2.13. The number of carbonyl (C=O) groups is 1. The average molecular weight is 466 g/mol. The molecule has 1 aliphatic heterocycles. The van der Waals surface area contributed by atoms with Crippen LogP contribution in [0.5, 0.6) is 0 Å². The Morgan fingerprint density at radius 1 is 1.06 bits per heavy atom. The second-order valence-electron chi connectivity index (χ2n) is 8.57. The summed E-state index contributed by atoms with van der Waals surface area (Å²) in [6.07, 6.45) is 0. The van der Waals surface area contributed by atoms with E-state index in [9.17, 15) is 9.59 Å². The maximum Gasteiger partial charge on any atom is 0.283 e. The number of aromatic nitrogens is 2. The number of thioether (sulfide) groups is 1. The molecule has 0 aliphatic carbocycles. The summed E-state index contributed by atoms with van der Waals surface area (Å²) >= 11 is 1.21. The van der Waals surface area contributed by atoms with E-state index in [0.717, 1.165) is 49.3 Å². The summed E-state index contributed by atoms with van der Waals surface area (Å²) in [6.45, 7) is 8.16. The van der Waals surface area contributed by atoms with Gasteiger partial charge in [0.05, 0.1) is 23.3 Å². The summed E-state index contributed by atoms with van der Waals surface area (Å²) in [4.78, 5) is 34.9. The van der Waals surface area contributed by atoms with Gasteiger partial charge in [0.2, 0.25) is 5.91 Å². The zero-order chi connectivity index (χ0) is 23.2. The van der Waals surface area contributed by atoms with E-state index >= 15 is 0 Å². The van der Waals surface area contributed by atoms with Crippen molar-refractivity contribution >= 4 is 28.7 Å². The number of rotatable bonds is 8. The van der Waals surface area contributed by atoms with Gasteiger partial charge in [0.1, 0.15) is 0 Å². The van der Waals surface area contributed by atoms with Gasteiger partial charge in [-0.15, -0.1) is 0 Å². The molecule has 3 aromatic rings. The predicted octanol–water partition coefficient (Wildman–Crippen LogP) is 2.21. The molecule has 1 N–H and O–H groups in total. The van der Waals surface area contributed by atoms with E-state index in [2.05, 4.69) is 27.1 Å². The normalized spacial score (nSPS) is 15.1. The minimum absolute atomic E-state index is 0.0754. The number of hydrogen-bond donors (Lipinski definition) is 1. The van der Waals surface area contributed by atoms with Crippen LogP contribution in [0.1, 0.15) is 11.1 Å². The number of likely N-dealkylation sites (N-methyl/N-ethyl adjacent to an activating group) is 1. The second-order valence-corrected chi connectivity index (χ2v) is 9.53. The molecule has 174 valence electrons. The molecule has 0 saturated carbocycles. The zero-order valence-corrected chi connectivity index (χ0v) is 20.1. The quantitative estimate of drug-likeness (QED) is 0.515. The zero-order valence-electron chi connectivity index (χ0n) is 19.3. The summed E-state index contributed by atoms with van der Waals surface area (Å²) in [6, 6.07) is 15.8. The average Bonchev–Trinajstić information content (AvgIpc) is 2.82. The molecule has 1 saturated heterocycles. The van der Waals surface area contributed by atoms with Gasteiger partial charge in [-0.05, 0) is 31.7 Å². The number of aryl methyl sites for hydroxylation is 1. The van der Waals surface area contributed by atoms with Gasteiger partial charge in [-0.1, -0.05) is 53.7 Å². The van der Waals surface area contributed by atoms with Crippen LogP contribution in [0.15, 0.2) is 58.4 Å². The fourth-order valence-corrected chi connectivity index (χ4v) is 4.67. The maximum absolute atomic E-state index is 13.3. The lowest BCUT2D eigenvalue weighted by molar-refractivity contribution is -0.118. The lowest BCUT2D eigenvalue weighted by Gasteiger charge is -2.32. The van der Waals surface area contributed by atoms with Crippen molar-refractivity contribution in [3.8, 4) is 0 Å². The van der Waals surface area contributed by atoms with Crippen LogP contribution in [-0.2, 0) is 11.3 Å². The highest BCUT2D eigenvalue weighted by Crippen LogP contribution is 2.18. The van der Waals surface area contributed by atoms with Crippen molar-refractivity contribution in [2.45, 2.75) is 18.5 Å². The SMILES string of the molecule is Cc1ccc(Cn2c(=O)c(SCC(=O)NCCN3CCN(C)CC3)nc3ccccc32)cc1. The summed E-state index contributed by atoms with van der Waals surface area (Å²) in [5.41, 5.74) is 3.62. The maximum atomic E-state index is 13.3. The Balaban J connectivity index is 1.41. The highest BCUT2D eigenvalue weighted by Gasteiger charge is 2.15. The molecule has 0 radical (unpaired) electrons. The third kappa shape index (κ3) is 6.22. The van der Waals surface area contributed by atoms with Crippen molar-refractivity contribution in [2.75, 3.05) is 52.1 Å². The van der Waals surface area contributed by atoms with E-state index in [0.29, 0.717) is 18.1 Å². The van der Waals surface area contributed by atoms with Gasteiger partial charge in [0.15, 0.2) is 5.03 Å². The lowest BCUT2D eigenvalue weighted by atomic mass is 10.1. The highest BCUT2D eigenvalue weighted by molar-refractivity contribution is 7.99. The number of fused-ring (bicyclic) bond motifs is 1. The molecule has 1 fully saturated rings. The third-order valence-corrected chi connectivity index (χ3v) is 6.92. The smallest absolute Gasteiger partial charge is 0.283 e.